The van der Waals surface area contributed by atoms with Crippen LogP contribution in [0, 0.1) is 0 Å². The van der Waals surface area contributed by atoms with Gasteiger partial charge in [0.15, 0.2) is 11.6 Å². The van der Waals surface area contributed by atoms with E-state index in [0.29, 0.717) is 25.7 Å². The fraction of sp³-hybridized carbons (Fsp3) is 0.259. The minimum atomic E-state index is -0.906. The number of imide groups is 1. The predicted octanol–water partition coefficient (Wildman–Crippen LogP) is 1.25. The molecule has 11 heteroatoms. The van der Waals surface area contributed by atoms with Gasteiger partial charge in [0.05, 0.1) is 51.2 Å². The van der Waals surface area contributed by atoms with E-state index in [-0.39, 0.29) is 50.2 Å². The number of furan rings is 1. The Hall–Kier alpha value is -4.80. The summed E-state index contributed by atoms with van der Waals surface area (Å²) < 4.78 is 5.58. The number of carbonyl (C=O) groups is 4. The molecule has 0 radical (unpaired) electrons. The van der Waals surface area contributed by atoms with Gasteiger partial charge in [0.2, 0.25) is 0 Å². The summed E-state index contributed by atoms with van der Waals surface area (Å²) in [5.41, 5.74) is -2.95. The fourth-order valence-electron chi connectivity index (χ4n) is 6.24. The van der Waals surface area contributed by atoms with Crippen molar-refractivity contribution in [3.05, 3.63) is 88.1 Å². The normalized spacial score (nSPS) is 21.2. The number of aromatic nitrogens is 1. The molecule has 7 rings (SSSR count). The lowest BCUT2D eigenvalue weighted by molar-refractivity contribution is 0.0477. The number of Topliss-reactive ketones (excluding diaryl/α,β-unsaturated/α-hetero) is 2. The third kappa shape index (κ3) is 2.72. The Bertz CT molecular complexity index is 1910. The topological polar surface area (TPSA) is 158 Å². The number of carbonyl (C=O) groups excluding carboxylic acids is 4. The van der Waals surface area contributed by atoms with Gasteiger partial charge in [-0.25, -0.2) is 9.59 Å². The molecule has 0 N–H and O–H groups in total. The highest BCUT2D eigenvalue weighted by Gasteiger charge is 2.46. The second kappa shape index (κ2) is 7.37. The first kappa shape index (κ1) is 22.4. The number of hydrogen-bond acceptors (Lipinski definition) is 9. The first-order valence-corrected chi connectivity index (χ1v) is 12.1. The summed E-state index contributed by atoms with van der Waals surface area (Å²) in [5, 5.41) is -0.315. The number of benzene rings is 2. The zero-order valence-corrected chi connectivity index (χ0v) is 19.6. The Morgan fingerprint density at radius 2 is 1.05 bits per heavy atom. The summed E-state index contributed by atoms with van der Waals surface area (Å²) in [5.74, 6) is -2.13. The standard InChI is InChI=1S/C27H16N2O9/c30-20-9-21(31)11-6-13-12(5-10(11)20)22(32)28(23(13)33)18-3-1-2-4-19(18)29-24(34)14-7-16-17(8-15(14)25(29)35)27(37)38-26(16)36/h5-8,18-19H,1-4,9H2/t18-,19-/m0/s1. The molecule has 1 saturated carbocycles. The average molecular weight is 512 g/mol. The first-order valence-electron chi connectivity index (χ1n) is 12.1. The Morgan fingerprint density at radius 3 is 1.55 bits per heavy atom. The van der Waals surface area contributed by atoms with Gasteiger partial charge in [-0.3, -0.25) is 38.2 Å². The van der Waals surface area contributed by atoms with Crippen LogP contribution < -0.4 is 22.4 Å². The van der Waals surface area contributed by atoms with E-state index < -0.39 is 57.8 Å². The second-order valence-corrected chi connectivity index (χ2v) is 9.97. The number of hydrogen-bond donors (Lipinski definition) is 0. The van der Waals surface area contributed by atoms with Crippen molar-refractivity contribution in [2.75, 3.05) is 0 Å². The van der Waals surface area contributed by atoms with E-state index >= 15 is 0 Å². The van der Waals surface area contributed by atoms with Crippen LogP contribution in [0.5, 0.6) is 0 Å². The van der Waals surface area contributed by atoms with Crippen LogP contribution in [-0.2, 0) is 0 Å². The largest absolute Gasteiger partial charge is 0.386 e. The van der Waals surface area contributed by atoms with Crippen LogP contribution in [-0.4, -0.2) is 38.9 Å². The number of nitrogens with zero attached hydrogens (tertiary/aromatic N) is 2. The Labute approximate surface area is 210 Å². The molecule has 4 aromatic rings. The molecule has 0 unspecified atom stereocenters. The van der Waals surface area contributed by atoms with Gasteiger partial charge in [-0.1, -0.05) is 12.8 Å². The highest BCUT2D eigenvalue weighted by Crippen LogP contribution is 2.38. The molecular formula is C27H16N2O9. The van der Waals surface area contributed by atoms with Crippen LogP contribution in [0.1, 0.15) is 79.6 Å². The lowest BCUT2D eigenvalue weighted by Gasteiger charge is -2.36. The van der Waals surface area contributed by atoms with Crippen LogP contribution in [0.3, 0.4) is 0 Å². The molecule has 3 heterocycles. The van der Waals surface area contributed by atoms with Crippen molar-refractivity contribution in [2.24, 2.45) is 0 Å². The molecule has 38 heavy (non-hydrogen) atoms. The van der Waals surface area contributed by atoms with Gasteiger partial charge >= 0.3 is 11.3 Å². The molecule has 2 atom stereocenters. The molecule has 188 valence electrons. The van der Waals surface area contributed by atoms with Gasteiger partial charge in [0.25, 0.3) is 22.9 Å². The highest BCUT2D eigenvalue weighted by molar-refractivity contribution is 6.28. The number of ketones is 2. The van der Waals surface area contributed by atoms with E-state index in [1.54, 1.807) is 0 Å². The molecule has 3 aliphatic rings. The summed E-state index contributed by atoms with van der Waals surface area (Å²) in [7, 11) is 0. The van der Waals surface area contributed by atoms with Crippen molar-refractivity contribution in [1.29, 1.82) is 0 Å². The summed E-state index contributed by atoms with van der Waals surface area (Å²) in [6, 6.07) is 3.25. The number of amides is 2. The van der Waals surface area contributed by atoms with Gasteiger partial charge in [-0.2, -0.15) is 0 Å². The van der Waals surface area contributed by atoms with Crippen molar-refractivity contribution in [2.45, 2.75) is 44.2 Å². The van der Waals surface area contributed by atoms with E-state index in [4.69, 9.17) is 0 Å². The Kier molecular flexibility index (Phi) is 4.35. The van der Waals surface area contributed by atoms with Crippen molar-refractivity contribution >= 4 is 44.9 Å². The molecule has 0 bridgehead atoms. The summed E-state index contributed by atoms with van der Waals surface area (Å²) in [6.07, 6.45) is 1.64. The van der Waals surface area contributed by atoms with E-state index in [9.17, 15) is 38.4 Å². The SMILES string of the molecule is O=C1CC(=O)c2cc3c(cc21)C(=O)N([C@H]1CCCC[C@@H]1n1c(=O)c2cc4c(=O)oc(=O)c4cc2c1=O)C3=O. The lowest BCUT2D eigenvalue weighted by Crippen LogP contribution is -2.49. The molecule has 2 amide bonds. The molecular weight excluding hydrogens is 496 g/mol. The fourth-order valence-corrected chi connectivity index (χ4v) is 6.24. The maximum Gasteiger partial charge on any atom is 0.346 e. The Morgan fingerprint density at radius 1 is 0.579 bits per heavy atom. The second-order valence-electron chi connectivity index (χ2n) is 9.97. The van der Waals surface area contributed by atoms with Crippen LogP contribution in [0.4, 0.5) is 0 Å². The highest BCUT2D eigenvalue weighted by atomic mass is 16.4. The van der Waals surface area contributed by atoms with Gasteiger partial charge in [0, 0.05) is 11.1 Å². The molecule has 0 spiro atoms. The quantitative estimate of drug-likeness (QED) is 0.285. The van der Waals surface area contributed by atoms with E-state index in [0.717, 1.165) is 9.47 Å². The van der Waals surface area contributed by atoms with Crippen LogP contribution in [0.25, 0.3) is 21.5 Å². The van der Waals surface area contributed by atoms with Crippen LogP contribution >= 0.6 is 0 Å². The molecule has 2 aromatic carbocycles. The number of fused-ring (bicyclic) bond motifs is 4. The minimum absolute atomic E-state index is 0.0111. The smallest absolute Gasteiger partial charge is 0.346 e. The lowest BCUT2D eigenvalue weighted by atomic mass is 9.89. The zero-order chi connectivity index (χ0) is 26.6. The maximum atomic E-state index is 13.5. The molecule has 2 aromatic heterocycles. The predicted molar refractivity (Wildman–Crippen MR) is 131 cm³/mol. The first-order chi connectivity index (χ1) is 18.2. The van der Waals surface area contributed by atoms with Crippen molar-refractivity contribution in [3.63, 3.8) is 0 Å². The molecule has 1 aliphatic heterocycles. The Balaban J connectivity index is 1.36. The zero-order valence-electron chi connectivity index (χ0n) is 19.6. The van der Waals surface area contributed by atoms with Crippen LogP contribution in [0.2, 0.25) is 0 Å². The summed E-state index contributed by atoms with van der Waals surface area (Å²) >= 11 is 0. The van der Waals surface area contributed by atoms with Crippen LogP contribution in [0.15, 0.2) is 47.9 Å². The van der Waals surface area contributed by atoms with E-state index in [2.05, 4.69) is 4.42 Å². The molecule has 1 fully saturated rings. The van der Waals surface area contributed by atoms with Gasteiger partial charge in [-0.15, -0.1) is 0 Å². The van der Waals surface area contributed by atoms with E-state index in [1.807, 2.05) is 0 Å². The maximum absolute atomic E-state index is 13.5. The van der Waals surface area contributed by atoms with Crippen molar-refractivity contribution < 1.29 is 23.6 Å². The summed E-state index contributed by atoms with van der Waals surface area (Å²) in [6.45, 7) is 0. The van der Waals surface area contributed by atoms with Gasteiger partial charge in [-0.05, 0) is 37.1 Å². The van der Waals surface area contributed by atoms with Crippen molar-refractivity contribution in [3.8, 4) is 0 Å². The van der Waals surface area contributed by atoms with Gasteiger partial charge < -0.3 is 4.42 Å². The minimum Gasteiger partial charge on any atom is -0.386 e. The van der Waals surface area contributed by atoms with Gasteiger partial charge in [0.1, 0.15) is 0 Å². The third-order valence-electron chi connectivity index (χ3n) is 8.02. The molecule has 0 saturated heterocycles. The average Bonchev–Trinajstić information content (AvgIpc) is 3.52. The number of rotatable bonds is 2. The monoisotopic (exact) mass is 512 g/mol. The summed E-state index contributed by atoms with van der Waals surface area (Å²) in [4.78, 5) is 103. The van der Waals surface area contributed by atoms with Crippen molar-refractivity contribution in [1.82, 2.24) is 9.47 Å². The third-order valence-corrected chi connectivity index (χ3v) is 8.02. The molecule has 11 nitrogen and oxygen atoms in total. The molecule has 2 aliphatic carbocycles. The van der Waals surface area contributed by atoms with E-state index in [1.165, 1.54) is 24.3 Å².